The van der Waals surface area contributed by atoms with Crippen molar-refractivity contribution in [3.05, 3.63) is 0 Å². The molecule has 1 unspecified atom stereocenters. The largest absolute Gasteiger partial charge is 0.341 e. The quantitative estimate of drug-likeness (QED) is 0.727. The minimum Gasteiger partial charge on any atom is -0.341 e. The highest BCUT2D eigenvalue weighted by Gasteiger charge is 2.43. The van der Waals surface area contributed by atoms with E-state index in [0.717, 1.165) is 26.1 Å². The van der Waals surface area contributed by atoms with E-state index < -0.39 is 0 Å². The molecule has 1 saturated carbocycles. The molecule has 0 radical (unpaired) electrons. The summed E-state index contributed by atoms with van der Waals surface area (Å²) in [7, 11) is 2.13. The van der Waals surface area contributed by atoms with E-state index in [1.807, 2.05) is 0 Å². The molecule has 2 heterocycles. The van der Waals surface area contributed by atoms with Crippen molar-refractivity contribution < 1.29 is 4.79 Å². The summed E-state index contributed by atoms with van der Waals surface area (Å²) < 4.78 is 0. The summed E-state index contributed by atoms with van der Waals surface area (Å²) in [5.41, 5.74) is 0.513. The van der Waals surface area contributed by atoms with Gasteiger partial charge < -0.3 is 4.90 Å². The smallest absolute Gasteiger partial charge is 0.239 e. The molecule has 1 atom stereocenters. The van der Waals surface area contributed by atoms with Crippen molar-refractivity contribution in [2.75, 3.05) is 26.7 Å². The molecule has 2 saturated heterocycles. The zero-order valence-corrected chi connectivity index (χ0v) is 12.4. The van der Waals surface area contributed by atoms with Crippen LogP contribution in [0.4, 0.5) is 0 Å². The molecular formula is C16H28N2O. The third-order valence-electron chi connectivity index (χ3n) is 5.72. The van der Waals surface area contributed by atoms with Crippen LogP contribution in [-0.2, 0) is 4.79 Å². The van der Waals surface area contributed by atoms with Crippen LogP contribution < -0.4 is 0 Å². The normalized spacial score (nSPS) is 31.8. The van der Waals surface area contributed by atoms with Gasteiger partial charge in [-0.25, -0.2) is 0 Å². The number of carbonyl (C=O) groups is 1. The van der Waals surface area contributed by atoms with Gasteiger partial charge in [0, 0.05) is 13.1 Å². The Morgan fingerprint density at radius 1 is 1.00 bits per heavy atom. The number of likely N-dealkylation sites (N-methyl/N-ethyl adjacent to an activating group) is 1. The van der Waals surface area contributed by atoms with Gasteiger partial charge in [-0.3, -0.25) is 9.69 Å². The maximum Gasteiger partial charge on any atom is 0.239 e. The van der Waals surface area contributed by atoms with Crippen LogP contribution in [0.1, 0.15) is 57.8 Å². The molecule has 1 aliphatic carbocycles. The highest BCUT2D eigenvalue weighted by atomic mass is 16.2. The van der Waals surface area contributed by atoms with E-state index in [1.165, 1.54) is 51.4 Å². The molecule has 3 fully saturated rings. The number of rotatable bonds is 1. The molecule has 0 aromatic heterocycles. The van der Waals surface area contributed by atoms with Gasteiger partial charge in [0.05, 0.1) is 6.04 Å². The predicted octanol–water partition coefficient (Wildman–Crippen LogP) is 2.65. The van der Waals surface area contributed by atoms with E-state index in [9.17, 15) is 4.79 Å². The van der Waals surface area contributed by atoms with Crippen LogP contribution >= 0.6 is 0 Å². The topological polar surface area (TPSA) is 23.6 Å². The second-order valence-electron chi connectivity index (χ2n) is 7.06. The molecule has 1 spiro atoms. The molecule has 1 amide bonds. The Balaban J connectivity index is 1.63. The SMILES string of the molecule is CN1CCCCCC1C(=O)N1CCC2(CCCC2)C1. The highest BCUT2D eigenvalue weighted by Crippen LogP contribution is 2.45. The van der Waals surface area contributed by atoms with Gasteiger partial charge in [-0.1, -0.05) is 25.7 Å². The van der Waals surface area contributed by atoms with Gasteiger partial charge in [0.25, 0.3) is 0 Å². The van der Waals surface area contributed by atoms with Gasteiger partial charge in [-0.2, -0.15) is 0 Å². The summed E-state index contributed by atoms with van der Waals surface area (Å²) in [5.74, 6) is 0.424. The fraction of sp³-hybridized carbons (Fsp3) is 0.938. The first kappa shape index (κ1) is 13.4. The van der Waals surface area contributed by atoms with Crippen molar-refractivity contribution in [3.8, 4) is 0 Å². The molecule has 3 nitrogen and oxygen atoms in total. The molecule has 0 N–H and O–H groups in total. The molecule has 2 aliphatic heterocycles. The lowest BCUT2D eigenvalue weighted by Gasteiger charge is -2.30. The molecule has 0 aromatic carbocycles. The van der Waals surface area contributed by atoms with E-state index >= 15 is 0 Å². The molecule has 0 aromatic rings. The van der Waals surface area contributed by atoms with E-state index in [1.54, 1.807) is 0 Å². The van der Waals surface area contributed by atoms with E-state index in [2.05, 4.69) is 16.8 Å². The van der Waals surface area contributed by atoms with Gasteiger partial charge in [0.1, 0.15) is 0 Å². The summed E-state index contributed by atoms with van der Waals surface area (Å²) >= 11 is 0. The van der Waals surface area contributed by atoms with E-state index in [4.69, 9.17) is 0 Å². The van der Waals surface area contributed by atoms with Crippen LogP contribution in [0.5, 0.6) is 0 Å². The summed E-state index contributed by atoms with van der Waals surface area (Å²) in [6, 6.07) is 0.166. The standard InChI is InChI=1S/C16H28N2O/c1-17-11-6-2-3-7-14(17)15(19)18-12-10-16(13-18)8-4-5-9-16/h14H,2-13H2,1H3. The maximum atomic E-state index is 12.8. The number of hydrogen-bond donors (Lipinski definition) is 0. The average molecular weight is 264 g/mol. The average Bonchev–Trinajstić information content (AvgIpc) is 2.98. The Hall–Kier alpha value is -0.570. The number of likely N-dealkylation sites (tertiary alicyclic amines) is 2. The predicted molar refractivity (Wildman–Crippen MR) is 77.0 cm³/mol. The molecule has 3 aliphatic rings. The third kappa shape index (κ3) is 2.67. The summed E-state index contributed by atoms with van der Waals surface area (Å²) in [5, 5.41) is 0. The molecule has 19 heavy (non-hydrogen) atoms. The van der Waals surface area contributed by atoms with Crippen molar-refractivity contribution in [3.63, 3.8) is 0 Å². The van der Waals surface area contributed by atoms with Gasteiger partial charge in [0.15, 0.2) is 0 Å². The Morgan fingerprint density at radius 3 is 2.58 bits per heavy atom. The van der Waals surface area contributed by atoms with Crippen molar-refractivity contribution >= 4 is 5.91 Å². The molecule has 3 heteroatoms. The monoisotopic (exact) mass is 264 g/mol. The van der Waals surface area contributed by atoms with Crippen LogP contribution in [0.15, 0.2) is 0 Å². The first-order valence-corrected chi connectivity index (χ1v) is 8.19. The number of carbonyl (C=O) groups excluding carboxylic acids is 1. The lowest BCUT2D eigenvalue weighted by atomic mass is 9.86. The van der Waals surface area contributed by atoms with Crippen molar-refractivity contribution in [2.45, 2.75) is 63.8 Å². The number of amides is 1. The summed E-state index contributed by atoms with van der Waals surface area (Å²) in [4.78, 5) is 17.3. The molecule has 3 rings (SSSR count). The van der Waals surface area contributed by atoms with Gasteiger partial charge in [-0.05, 0) is 51.1 Å². The van der Waals surface area contributed by atoms with Crippen LogP contribution in [-0.4, -0.2) is 48.4 Å². The molecule has 0 bridgehead atoms. The van der Waals surface area contributed by atoms with Crippen molar-refractivity contribution in [1.29, 1.82) is 0 Å². The lowest BCUT2D eigenvalue weighted by Crippen LogP contribution is -2.46. The number of nitrogens with zero attached hydrogens (tertiary/aromatic N) is 2. The van der Waals surface area contributed by atoms with Gasteiger partial charge >= 0.3 is 0 Å². The Morgan fingerprint density at radius 2 is 1.79 bits per heavy atom. The van der Waals surface area contributed by atoms with Crippen LogP contribution in [0.25, 0.3) is 0 Å². The summed E-state index contributed by atoms with van der Waals surface area (Å²) in [6.07, 6.45) is 11.6. The first-order valence-electron chi connectivity index (χ1n) is 8.19. The van der Waals surface area contributed by atoms with Crippen LogP contribution in [0, 0.1) is 5.41 Å². The Bertz CT molecular complexity index is 336. The fourth-order valence-electron chi connectivity index (χ4n) is 4.43. The zero-order chi connectivity index (χ0) is 13.3. The van der Waals surface area contributed by atoms with Crippen LogP contribution in [0.3, 0.4) is 0 Å². The minimum absolute atomic E-state index is 0.166. The van der Waals surface area contributed by atoms with Crippen molar-refractivity contribution in [1.82, 2.24) is 9.80 Å². The second kappa shape index (κ2) is 5.43. The molecular weight excluding hydrogens is 236 g/mol. The Kier molecular flexibility index (Phi) is 3.84. The molecule has 108 valence electrons. The highest BCUT2D eigenvalue weighted by molar-refractivity contribution is 5.82. The lowest BCUT2D eigenvalue weighted by molar-refractivity contribution is -0.136. The Labute approximate surface area is 117 Å². The van der Waals surface area contributed by atoms with E-state index in [0.29, 0.717) is 11.3 Å². The fourth-order valence-corrected chi connectivity index (χ4v) is 4.43. The summed E-state index contributed by atoms with van der Waals surface area (Å²) in [6.45, 7) is 3.16. The maximum absolute atomic E-state index is 12.8. The van der Waals surface area contributed by atoms with Gasteiger partial charge in [-0.15, -0.1) is 0 Å². The number of hydrogen-bond acceptors (Lipinski definition) is 2. The van der Waals surface area contributed by atoms with Gasteiger partial charge in [0.2, 0.25) is 5.91 Å². The van der Waals surface area contributed by atoms with E-state index in [-0.39, 0.29) is 6.04 Å². The minimum atomic E-state index is 0.166. The zero-order valence-electron chi connectivity index (χ0n) is 12.4. The second-order valence-corrected chi connectivity index (χ2v) is 7.06. The third-order valence-corrected chi connectivity index (χ3v) is 5.72. The van der Waals surface area contributed by atoms with Crippen molar-refractivity contribution in [2.24, 2.45) is 5.41 Å². The first-order chi connectivity index (χ1) is 9.20. The van der Waals surface area contributed by atoms with Crippen LogP contribution in [0.2, 0.25) is 0 Å².